The lowest BCUT2D eigenvalue weighted by Crippen LogP contribution is -2.13. The van der Waals surface area contributed by atoms with Crippen LogP contribution in [0.5, 0.6) is 0 Å². The summed E-state index contributed by atoms with van der Waals surface area (Å²) in [5, 5.41) is 0. The molecule has 0 atom stereocenters. The topological polar surface area (TPSA) is 60.8 Å². The summed E-state index contributed by atoms with van der Waals surface area (Å²) in [6, 6.07) is 0. The van der Waals surface area contributed by atoms with E-state index in [2.05, 4.69) is 0 Å². The fraction of sp³-hybridized carbons (Fsp3) is 1.00. The van der Waals surface area contributed by atoms with E-state index in [0.29, 0.717) is 6.42 Å². The van der Waals surface area contributed by atoms with Gasteiger partial charge in [-0.15, -0.1) is 0 Å². The molecule has 5 heteroatoms. The van der Waals surface area contributed by atoms with E-state index >= 15 is 0 Å². The van der Waals surface area contributed by atoms with Gasteiger partial charge in [0.1, 0.15) is 0 Å². The molecule has 0 aliphatic heterocycles. The second-order valence-electron chi connectivity index (χ2n) is 2.90. The van der Waals surface area contributed by atoms with Crippen molar-refractivity contribution in [1.82, 2.24) is 4.90 Å². The van der Waals surface area contributed by atoms with Gasteiger partial charge in [-0.05, 0) is 33.5 Å². The molecule has 0 heterocycles. The van der Waals surface area contributed by atoms with Crippen molar-refractivity contribution in [3.05, 3.63) is 0 Å². The average molecular weight is 181 g/mol. The summed E-state index contributed by atoms with van der Waals surface area (Å²) < 4.78 is 10.4. The molecule has 0 unspecified atom stereocenters. The fourth-order valence-electron chi connectivity index (χ4n) is 0.746. The van der Waals surface area contributed by atoms with Crippen molar-refractivity contribution in [3.8, 4) is 0 Å². The maximum absolute atomic E-state index is 10.4. The molecule has 0 aromatic rings. The van der Waals surface area contributed by atoms with Crippen LogP contribution < -0.4 is 0 Å². The van der Waals surface area contributed by atoms with E-state index in [1.807, 2.05) is 19.0 Å². The fourth-order valence-corrected chi connectivity index (χ4v) is 1.38. The van der Waals surface area contributed by atoms with Gasteiger partial charge in [-0.1, -0.05) is 0 Å². The molecule has 0 spiro atoms. The predicted molar refractivity (Wildman–Crippen MR) is 44.7 cm³/mol. The van der Waals surface area contributed by atoms with Gasteiger partial charge < -0.3 is 14.7 Å². The third-order valence-electron chi connectivity index (χ3n) is 1.30. The van der Waals surface area contributed by atoms with Gasteiger partial charge in [0.2, 0.25) is 0 Å². The largest absolute Gasteiger partial charge is 0.325 e. The SMILES string of the molecule is CN(C)CCCCP(=O)(O)O. The van der Waals surface area contributed by atoms with Gasteiger partial charge >= 0.3 is 7.60 Å². The number of unbranched alkanes of at least 4 members (excludes halogenated alkanes) is 1. The Hall–Kier alpha value is 0.110. The number of hydrogen-bond donors (Lipinski definition) is 2. The van der Waals surface area contributed by atoms with Crippen molar-refractivity contribution in [2.45, 2.75) is 12.8 Å². The normalized spacial score (nSPS) is 12.5. The first-order valence-corrected chi connectivity index (χ1v) is 5.41. The number of rotatable bonds is 5. The molecule has 68 valence electrons. The van der Waals surface area contributed by atoms with Crippen LogP contribution in [0.2, 0.25) is 0 Å². The highest BCUT2D eigenvalue weighted by Crippen LogP contribution is 2.35. The summed E-state index contributed by atoms with van der Waals surface area (Å²) in [4.78, 5) is 19.0. The van der Waals surface area contributed by atoms with Crippen LogP contribution in [0.15, 0.2) is 0 Å². The van der Waals surface area contributed by atoms with E-state index < -0.39 is 7.60 Å². The van der Waals surface area contributed by atoms with Gasteiger partial charge in [-0.3, -0.25) is 4.57 Å². The molecule has 0 bridgehead atoms. The van der Waals surface area contributed by atoms with Crippen molar-refractivity contribution in [1.29, 1.82) is 0 Å². The zero-order valence-electron chi connectivity index (χ0n) is 7.03. The van der Waals surface area contributed by atoms with Crippen molar-refractivity contribution >= 4 is 7.60 Å². The lowest BCUT2D eigenvalue weighted by molar-refractivity contribution is 0.364. The Morgan fingerprint density at radius 2 is 1.82 bits per heavy atom. The molecule has 0 radical (unpaired) electrons. The zero-order chi connectivity index (χ0) is 8.91. The maximum Gasteiger partial charge on any atom is 0.325 e. The summed E-state index contributed by atoms with van der Waals surface area (Å²) in [7, 11) is 0.140. The van der Waals surface area contributed by atoms with Crippen molar-refractivity contribution in [2.24, 2.45) is 0 Å². The molecule has 2 N–H and O–H groups in total. The smallest absolute Gasteiger partial charge is 0.324 e. The minimum absolute atomic E-state index is 0.0147. The lowest BCUT2D eigenvalue weighted by Gasteiger charge is -2.08. The highest BCUT2D eigenvalue weighted by molar-refractivity contribution is 7.51. The summed E-state index contributed by atoms with van der Waals surface area (Å²) in [6.07, 6.45) is 1.46. The van der Waals surface area contributed by atoms with Gasteiger partial charge in [0.25, 0.3) is 0 Å². The summed E-state index contributed by atoms with van der Waals surface area (Å²) in [5.41, 5.74) is 0. The average Bonchev–Trinajstić information content (AvgIpc) is 1.78. The third-order valence-corrected chi connectivity index (χ3v) is 2.20. The Kier molecular flexibility index (Phi) is 4.93. The molecule has 0 amide bonds. The van der Waals surface area contributed by atoms with Crippen LogP contribution in [0.3, 0.4) is 0 Å². The molecule has 0 aliphatic rings. The lowest BCUT2D eigenvalue weighted by atomic mass is 10.3. The standard InChI is InChI=1S/C6H16NO3P/c1-7(2)5-3-4-6-11(8,9)10/h3-6H2,1-2H3,(H2,8,9,10). The van der Waals surface area contributed by atoms with Crippen LogP contribution in [-0.4, -0.2) is 41.5 Å². The second kappa shape index (κ2) is 4.88. The maximum atomic E-state index is 10.4. The minimum Gasteiger partial charge on any atom is -0.324 e. The van der Waals surface area contributed by atoms with Crippen LogP contribution in [0, 0.1) is 0 Å². The van der Waals surface area contributed by atoms with Gasteiger partial charge in [-0.2, -0.15) is 0 Å². The Bertz CT molecular complexity index is 143. The molecule has 0 aromatic carbocycles. The molecular formula is C6H16NO3P. The zero-order valence-corrected chi connectivity index (χ0v) is 7.92. The summed E-state index contributed by atoms with van der Waals surface area (Å²) >= 11 is 0. The monoisotopic (exact) mass is 181 g/mol. The Morgan fingerprint density at radius 1 is 1.27 bits per heavy atom. The molecule has 0 aliphatic carbocycles. The molecular weight excluding hydrogens is 165 g/mol. The van der Waals surface area contributed by atoms with E-state index in [0.717, 1.165) is 13.0 Å². The van der Waals surface area contributed by atoms with E-state index in [1.165, 1.54) is 0 Å². The van der Waals surface area contributed by atoms with Gasteiger partial charge in [0.15, 0.2) is 0 Å². The van der Waals surface area contributed by atoms with Crippen LogP contribution >= 0.6 is 7.60 Å². The Labute approximate surface area is 67.4 Å². The molecule has 0 fully saturated rings. The van der Waals surface area contributed by atoms with Crippen LogP contribution in [0.4, 0.5) is 0 Å². The van der Waals surface area contributed by atoms with Crippen molar-refractivity contribution in [3.63, 3.8) is 0 Å². The predicted octanol–water partition coefficient (Wildman–Crippen LogP) is 0.506. The van der Waals surface area contributed by atoms with Crippen LogP contribution in [0.1, 0.15) is 12.8 Å². The molecule has 0 saturated carbocycles. The molecule has 0 rings (SSSR count). The summed E-state index contributed by atoms with van der Waals surface area (Å²) in [5.74, 6) is 0. The van der Waals surface area contributed by atoms with E-state index in [1.54, 1.807) is 0 Å². The summed E-state index contributed by atoms with van der Waals surface area (Å²) in [6.45, 7) is 0.889. The molecule has 4 nitrogen and oxygen atoms in total. The van der Waals surface area contributed by atoms with E-state index in [4.69, 9.17) is 9.79 Å². The third kappa shape index (κ3) is 10.1. The second-order valence-corrected chi connectivity index (χ2v) is 4.68. The molecule has 0 aromatic heterocycles. The van der Waals surface area contributed by atoms with E-state index in [9.17, 15) is 4.57 Å². The molecule has 11 heavy (non-hydrogen) atoms. The first-order valence-electron chi connectivity index (χ1n) is 3.61. The Morgan fingerprint density at radius 3 is 2.18 bits per heavy atom. The molecule has 0 saturated heterocycles. The van der Waals surface area contributed by atoms with Gasteiger partial charge in [0, 0.05) is 6.16 Å². The number of nitrogens with zero attached hydrogens (tertiary/aromatic N) is 1. The van der Waals surface area contributed by atoms with Gasteiger partial charge in [0.05, 0.1) is 0 Å². The first kappa shape index (κ1) is 11.1. The van der Waals surface area contributed by atoms with Crippen LogP contribution in [-0.2, 0) is 4.57 Å². The Balaban J connectivity index is 3.22. The highest BCUT2D eigenvalue weighted by Gasteiger charge is 2.10. The van der Waals surface area contributed by atoms with E-state index in [-0.39, 0.29) is 6.16 Å². The van der Waals surface area contributed by atoms with Gasteiger partial charge in [-0.25, -0.2) is 0 Å². The quantitative estimate of drug-likeness (QED) is 0.479. The van der Waals surface area contributed by atoms with Crippen LogP contribution in [0.25, 0.3) is 0 Å². The van der Waals surface area contributed by atoms with Crippen molar-refractivity contribution in [2.75, 3.05) is 26.8 Å². The number of hydrogen-bond acceptors (Lipinski definition) is 2. The minimum atomic E-state index is -3.74. The highest BCUT2D eigenvalue weighted by atomic mass is 31.2. The first-order chi connectivity index (χ1) is 4.92. The van der Waals surface area contributed by atoms with Crippen molar-refractivity contribution < 1.29 is 14.4 Å².